The minimum Gasteiger partial charge on any atom is -0.477 e. The van der Waals surface area contributed by atoms with E-state index in [2.05, 4.69) is 10.2 Å². The lowest BCUT2D eigenvalue weighted by atomic mass is 10.4. The highest BCUT2D eigenvalue weighted by atomic mass is 16.4. The van der Waals surface area contributed by atoms with Gasteiger partial charge in [0.1, 0.15) is 12.4 Å². The van der Waals surface area contributed by atoms with Crippen LogP contribution in [-0.2, 0) is 6.67 Å². The number of aromatic nitrogens is 1. The van der Waals surface area contributed by atoms with Gasteiger partial charge in [-0.05, 0) is 12.1 Å². The number of nitrogens with zero attached hydrogens (tertiary/aromatic N) is 3. The highest BCUT2D eigenvalue weighted by Gasteiger charge is 2.15. The van der Waals surface area contributed by atoms with Gasteiger partial charge < -0.3 is 5.11 Å². The Bertz CT molecular complexity index is 340. The molecule has 0 aromatic carbocycles. The molecule has 56 valence electrons. The van der Waals surface area contributed by atoms with E-state index in [1.807, 2.05) is 0 Å². The van der Waals surface area contributed by atoms with Crippen LogP contribution in [0.4, 0.5) is 5.82 Å². The largest absolute Gasteiger partial charge is 0.477 e. The van der Waals surface area contributed by atoms with Crippen LogP contribution < -0.4 is 0 Å². The van der Waals surface area contributed by atoms with Crippen LogP contribution in [0.5, 0.6) is 0 Å². The fourth-order valence-electron chi connectivity index (χ4n) is 1.05. The molecule has 2 rings (SSSR count). The highest BCUT2D eigenvalue weighted by Crippen LogP contribution is 2.23. The van der Waals surface area contributed by atoms with Gasteiger partial charge in [0.05, 0.1) is 0 Å². The molecule has 2 heterocycles. The summed E-state index contributed by atoms with van der Waals surface area (Å²) in [6.45, 7) is 0.323. The van der Waals surface area contributed by atoms with Gasteiger partial charge in [-0.1, -0.05) is 0 Å². The smallest absolute Gasteiger partial charge is 0.352 e. The minimum atomic E-state index is -0.941. The summed E-state index contributed by atoms with van der Waals surface area (Å²) in [4.78, 5) is 10.5. The first-order chi connectivity index (χ1) is 5.29. The quantitative estimate of drug-likeness (QED) is 0.656. The average molecular weight is 151 g/mol. The predicted octanol–water partition coefficient (Wildman–Crippen LogP) is 1.24. The van der Waals surface area contributed by atoms with Gasteiger partial charge in [-0.25, -0.2) is 4.79 Å². The van der Waals surface area contributed by atoms with Crippen LogP contribution >= 0.6 is 0 Å². The van der Waals surface area contributed by atoms with E-state index in [1.54, 1.807) is 10.6 Å². The van der Waals surface area contributed by atoms with E-state index in [0.29, 0.717) is 12.5 Å². The maximum atomic E-state index is 10.5. The first-order valence-corrected chi connectivity index (χ1v) is 3.09. The maximum Gasteiger partial charge on any atom is 0.352 e. The van der Waals surface area contributed by atoms with Gasteiger partial charge in [0.2, 0.25) is 0 Å². The van der Waals surface area contributed by atoms with Gasteiger partial charge in [0.25, 0.3) is 0 Å². The van der Waals surface area contributed by atoms with E-state index in [1.165, 1.54) is 6.07 Å². The number of fused-ring (bicyclic) bond motifs is 1. The predicted molar refractivity (Wildman–Crippen MR) is 35.9 cm³/mol. The van der Waals surface area contributed by atoms with Crippen molar-refractivity contribution in [2.24, 2.45) is 10.2 Å². The Balaban J connectivity index is 2.55. The molecule has 1 aliphatic heterocycles. The molecule has 1 aromatic heterocycles. The third kappa shape index (κ3) is 0.739. The van der Waals surface area contributed by atoms with Crippen LogP contribution in [0.3, 0.4) is 0 Å². The Morgan fingerprint density at radius 2 is 2.45 bits per heavy atom. The zero-order valence-corrected chi connectivity index (χ0v) is 5.56. The van der Waals surface area contributed by atoms with Crippen LogP contribution in [0, 0.1) is 0 Å². The lowest BCUT2D eigenvalue weighted by Crippen LogP contribution is -2.04. The molecular formula is C6H5N3O2. The van der Waals surface area contributed by atoms with Crippen molar-refractivity contribution in [2.45, 2.75) is 6.67 Å². The first kappa shape index (κ1) is 6.09. The van der Waals surface area contributed by atoms with Crippen molar-refractivity contribution in [1.82, 2.24) is 4.57 Å². The highest BCUT2D eigenvalue weighted by molar-refractivity contribution is 5.86. The molecule has 0 amide bonds. The molecule has 0 fully saturated rings. The molecule has 0 spiro atoms. The number of rotatable bonds is 1. The molecule has 0 saturated heterocycles. The number of carboxylic acids is 1. The summed E-state index contributed by atoms with van der Waals surface area (Å²) < 4.78 is 1.54. The summed E-state index contributed by atoms with van der Waals surface area (Å²) in [5.41, 5.74) is 0.241. The molecule has 5 heteroatoms. The third-order valence-corrected chi connectivity index (χ3v) is 1.55. The van der Waals surface area contributed by atoms with Crippen LogP contribution in [0.1, 0.15) is 10.5 Å². The van der Waals surface area contributed by atoms with E-state index in [9.17, 15) is 4.79 Å². The Kier molecular flexibility index (Phi) is 1.06. The number of hydrogen-bond acceptors (Lipinski definition) is 3. The lowest BCUT2D eigenvalue weighted by Gasteiger charge is -1.96. The van der Waals surface area contributed by atoms with Crippen LogP contribution in [0.15, 0.2) is 22.4 Å². The van der Waals surface area contributed by atoms with Crippen molar-refractivity contribution >= 4 is 11.8 Å². The van der Waals surface area contributed by atoms with Crippen molar-refractivity contribution < 1.29 is 9.90 Å². The summed E-state index contributed by atoms with van der Waals surface area (Å²) in [6, 6.07) is 3.16. The van der Waals surface area contributed by atoms with Gasteiger partial charge in [-0.15, -0.1) is 5.11 Å². The number of hydrogen-bond donors (Lipinski definition) is 1. The zero-order chi connectivity index (χ0) is 7.84. The molecule has 0 radical (unpaired) electrons. The second-order valence-corrected chi connectivity index (χ2v) is 2.19. The summed E-state index contributed by atoms with van der Waals surface area (Å²) >= 11 is 0. The third-order valence-electron chi connectivity index (χ3n) is 1.55. The van der Waals surface area contributed by atoms with Crippen molar-refractivity contribution in [3.8, 4) is 0 Å². The van der Waals surface area contributed by atoms with Gasteiger partial charge in [-0.2, -0.15) is 5.11 Å². The van der Waals surface area contributed by atoms with E-state index >= 15 is 0 Å². The van der Waals surface area contributed by atoms with Gasteiger partial charge >= 0.3 is 5.97 Å². The molecule has 0 unspecified atom stereocenters. The summed E-state index contributed by atoms with van der Waals surface area (Å²) in [6.07, 6.45) is 0. The molecule has 0 atom stereocenters. The zero-order valence-electron chi connectivity index (χ0n) is 5.56. The van der Waals surface area contributed by atoms with Crippen molar-refractivity contribution in [3.63, 3.8) is 0 Å². The molecular weight excluding hydrogens is 146 g/mol. The monoisotopic (exact) mass is 151 g/mol. The second-order valence-electron chi connectivity index (χ2n) is 2.19. The first-order valence-electron chi connectivity index (χ1n) is 3.09. The van der Waals surface area contributed by atoms with Crippen LogP contribution in [-0.4, -0.2) is 15.6 Å². The van der Waals surface area contributed by atoms with E-state index in [0.717, 1.165) is 0 Å². The Morgan fingerprint density at radius 1 is 1.64 bits per heavy atom. The molecule has 0 saturated carbocycles. The summed E-state index contributed by atoms with van der Waals surface area (Å²) in [5, 5.41) is 16.0. The Hall–Kier alpha value is -1.65. The fraction of sp³-hybridized carbons (Fsp3) is 0.167. The normalized spacial score (nSPS) is 13.5. The summed E-state index contributed by atoms with van der Waals surface area (Å²) in [5.74, 6) is -0.328. The van der Waals surface area contributed by atoms with Crippen molar-refractivity contribution in [3.05, 3.63) is 17.8 Å². The molecule has 1 aliphatic rings. The SMILES string of the molecule is O=C(O)c1ccc2n1CN=N2. The molecule has 11 heavy (non-hydrogen) atoms. The Morgan fingerprint density at radius 3 is 3.18 bits per heavy atom. The topological polar surface area (TPSA) is 66.9 Å². The van der Waals surface area contributed by atoms with Crippen LogP contribution in [0.2, 0.25) is 0 Å². The van der Waals surface area contributed by atoms with Crippen molar-refractivity contribution in [2.75, 3.05) is 0 Å². The maximum absolute atomic E-state index is 10.5. The van der Waals surface area contributed by atoms with Crippen molar-refractivity contribution in [1.29, 1.82) is 0 Å². The second kappa shape index (κ2) is 1.91. The minimum absolute atomic E-state index is 0.241. The fourth-order valence-corrected chi connectivity index (χ4v) is 1.05. The lowest BCUT2D eigenvalue weighted by molar-refractivity contribution is 0.0686. The number of carboxylic acid groups (broad SMARTS) is 1. The van der Waals surface area contributed by atoms with Gasteiger partial charge in [0.15, 0.2) is 5.82 Å². The number of carbonyl (C=O) groups is 1. The molecule has 0 aliphatic carbocycles. The number of azo groups is 1. The van der Waals surface area contributed by atoms with Gasteiger partial charge in [-0.3, -0.25) is 4.57 Å². The van der Waals surface area contributed by atoms with E-state index in [4.69, 9.17) is 5.11 Å². The van der Waals surface area contributed by atoms with E-state index in [-0.39, 0.29) is 5.69 Å². The standard InChI is InChI=1S/C6H5N3O2/c10-6(11)4-1-2-5-8-7-3-9(4)5/h1-2H,3H2,(H,10,11). The Labute approximate surface area is 62.0 Å². The molecule has 5 nitrogen and oxygen atoms in total. The molecule has 0 bridgehead atoms. The van der Waals surface area contributed by atoms with Crippen LogP contribution in [0.25, 0.3) is 0 Å². The number of aromatic carboxylic acids is 1. The summed E-state index contributed by atoms with van der Waals surface area (Å²) in [7, 11) is 0. The average Bonchev–Trinajstić information content (AvgIpc) is 2.41. The van der Waals surface area contributed by atoms with Gasteiger partial charge in [0, 0.05) is 0 Å². The van der Waals surface area contributed by atoms with E-state index < -0.39 is 5.97 Å². The molecule has 1 aromatic rings. The molecule has 1 N–H and O–H groups in total.